The maximum absolute atomic E-state index is 13.7. The minimum absolute atomic E-state index is 0.0152. The smallest absolute Gasteiger partial charge is 0.407 e. The van der Waals surface area contributed by atoms with Crippen LogP contribution in [0.4, 0.5) is 10.6 Å². The molecule has 1 aromatic carbocycles. The number of hydrogen-bond acceptors (Lipinski definition) is 10. The number of para-hydroxylation sites is 1. The number of ether oxygens (including phenoxy) is 1. The van der Waals surface area contributed by atoms with Crippen LogP contribution in [-0.4, -0.2) is 107 Å². The number of amides is 4. The Morgan fingerprint density at radius 2 is 1.75 bits per heavy atom. The van der Waals surface area contributed by atoms with E-state index in [1.807, 2.05) is 47.6 Å². The van der Waals surface area contributed by atoms with E-state index in [1.165, 1.54) is 0 Å². The van der Waals surface area contributed by atoms with Gasteiger partial charge in [0.05, 0.1) is 40.1 Å². The molecular formula is C47H67N11O6. The number of likely N-dealkylation sites (tertiary alicyclic amines) is 1. The fraction of sp³-hybridized carbons (Fsp3) is 0.638. The highest BCUT2D eigenvalue weighted by Crippen LogP contribution is 2.38. The summed E-state index contributed by atoms with van der Waals surface area (Å²) >= 11 is 0. The van der Waals surface area contributed by atoms with Crippen molar-refractivity contribution in [3.05, 3.63) is 64.0 Å². The molecule has 2 saturated heterocycles. The molecule has 64 heavy (non-hydrogen) atoms. The van der Waals surface area contributed by atoms with Gasteiger partial charge >= 0.3 is 11.8 Å². The fourth-order valence-corrected chi connectivity index (χ4v) is 10.6. The van der Waals surface area contributed by atoms with Crippen LogP contribution in [0.1, 0.15) is 145 Å². The first kappa shape index (κ1) is 45.3. The fourth-order valence-electron chi connectivity index (χ4n) is 10.6. The number of benzene rings is 1. The standard InChI is InChI=1S/C47H67N11O6/c1-29(2)49-45(62)64-36-16-13-31(23-36)37-24-40(58(52-37)47(3,4)5)50-43(60)33-25-48-56(28-33)35-14-11-30(12-15-35)26-53(6)34-19-21-55(22-20-34)27-32-9-8-10-38-42(32)54(7)46(63)57(38)39-17-18-41(59)51-44(39)61/h8-10,24-25,28-31,34-36,39H,11-23,26-27H2,1-7H3,(H,49,62)(H,50,60)(H,51,59,61)/t30?,31-,35?,36+,39?/m0/s1. The minimum atomic E-state index is -0.694. The van der Waals surface area contributed by atoms with Crippen LogP contribution in [0.15, 0.2) is 41.5 Å². The van der Waals surface area contributed by atoms with Gasteiger partial charge in [0, 0.05) is 56.8 Å². The number of carbonyl (C=O) groups excluding carboxylic acids is 4. The number of fused-ring (bicyclic) bond motifs is 1. The molecule has 0 radical (unpaired) electrons. The van der Waals surface area contributed by atoms with Gasteiger partial charge in [-0.3, -0.25) is 38.4 Å². The molecule has 17 heteroatoms. The average molecular weight is 882 g/mol. The number of alkyl carbamates (subject to hydrolysis) is 1. The number of nitrogens with one attached hydrogen (secondary N) is 3. The van der Waals surface area contributed by atoms with E-state index in [2.05, 4.69) is 64.7 Å². The number of aromatic nitrogens is 6. The van der Waals surface area contributed by atoms with Crippen LogP contribution in [0, 0.1) is 5.92 Å². The molecule has 3 N–H and O–H groups in total. The molecule has 0 spiro atoms. The molecule has 8 rings (SSSR count). The summed E-state index contributed by atoms with van der Waals surface area (Å²) in [7, 11) is 4.03. The molecule has 0 bridgehead atoms. The summed E-state index contributed by atoms with van der Waals surface area (Å²) in [4.78, 5) is 68.8. The van der Waals surface area contributed by atoms with Crippen molar-refractivity contribution in [1.29, 1.82) is 0 Å². The van der Waals surface area contributed by atoms with Gasteiger partial charge in [0.2, 0.25) is 11.8 Å². The van der Waals surface area contributed by atoms with Crippen LogP contribution >= 0.6 is 0 Å². The van der Waals surface area contributed by atoms with Gasteiger partial charge in [-0.25, -0.2) is 14.3 Å². The molecule has 5 heterocycles. The number of carbonyl (C=O) groups is 4. The summed E-state index contributed by atoms with van der Waals surface area (Å²) in [5, 5.41) is 17.9. The summed E-state index contributed by atoms with van der Waals surface area (Å²) in [6.07, 6.45) is 12.3. The Kier molecular flexibility index (Phi) is 13.2. The molecule has 4 amide bonds. The lowest BCUT2D eigenvalue weighted by Crippen LogP contribution is -2.44. The predicted molar refractivity (Wildman–Crippen MR) is 243 cm³/mol. The maximum Gasteiger partial charge on any atom is 0.407 e. The first-order valence-corrected chi connectivity index (χ1v) is 23.4. The molecule has 4 aliphatic rings. The van der Waals surface area contributed by atoms with Crippen LogP contribution in [0.2, 0.25) is 0 Å². The molecule has 346 valence electrons. The summed E-state index contributed by atoms with van der Waals surface area (Å²) in [5.41, 5.74) is 3.45. The highest BCUT2D eigenvalue weighted by atomic mass is 16.6. The topological polar surface area (TPSA) is 183 Å². The zero-order valence-corrected chi connectivity index (χ0v) is 38.6. The van der Waals surface area contributed by atoms with Gasteiger partial charge < -0.3 is 20.3 Å². The van der Waals surface area contributed by atoms with Crippen LogP contribution in [0.3, 0.4) is 0 Å². The number of piperidine rings is 2. The van der Waals surface area contributed by atoms with E-state index >= 15 is 0 Å². The molecule has 17 nitrogen and oxygen atoms in total. The van der Waals surface area contributed by atoms with Crippen LogP contribution in [-0.2, 0) is 33.5 Å². The monoisotopic (exact) mass is 882 g/mol. The summed E-state index contributed by atoms with van der Waals surface area (Å²) in [6, 6.07) is 7.98. The normalized spacial score (nSPS) is 23.9. The van der Waals surface area contributed by atoms with Gasteiger partial charge in [-0.2, -0.15) is 10.2 Å². The van der Waals surface area contributed by atoms with E-state index in [-0.39, 0.29) is 59.7 Å². The molecule has 3 aromatic heterocycles. The van der Waals surface area contributed by atoms with Crippen molar-refractivity contribution in [3.8, 4) is 0 Å². The van der Waals surface area contributed by atoms with Crippen molar-refractivity contribution >= 4 is 40.7 Å². The molecule has 2 aliphatic carbocycles. The van der Waals surface area contributed by atoms with Crippen molar-refractivity contribution in [2.24, 2.45) is 13.0 Å². The Bertz CT molecular complexity index is 2410. The summed E-state index contributed by atoms with van der Waals surface area (Å²) in [5.74, 6) is 0.455. The second kappa shape index (κ2) is 18.7. The zero-order valence-electron chi connectivity index (χ0n) is 38.6. The third-order valence-electron chi connectivity index (χ3n) is 14.0. The summed E-state index contributed by atoms with van der Waals surface area (Å²) in [6.45, 7) is 13.7. The number of hydrogen-bond donors (Lipinski definition) is 3. The van der Waals surface area contributed by atoms with Crippen molar-refractivity contribution in [2.75, 3.05) is 32.0 Å². The van der Waals surface area contributed by atoms with Gasteiger partial charge in [-0.05, 0) is 137 Å². The number of anilines is 1. The van der Waals surface area contributed by atoms with E-state index in [0.717, 1.165) is 99.8 Å². The van der Waals surface area contributed by atoms with Gasteiger partial charge in [0.1, 0.15) is 18.0 Å². The van der Waals surface area contributed by atoms with Crippen molar-refractivity contribution in [1.82, 2.24) is 49.1 Å². The first-order chi connectivity index (χ1) is 30.5. The number of nitrogens with zero attached hydrogens (tertiary/aromatic N) is 8. The van der Waals surface area contributed by atoms with Gasteiger partial charge in [-0.1, -0.05) is 12.1 Å². The van der Waals surface area contributed by atoms with E-state index in [0.29, 0.717) is 36.2 Å². The molecule has 2 aliphatic heterocycles. The average Bonchev–Trinajstić information content (AvgIpc) is 4.06. The Hall–Kier alpha value is -5.29. The van der Waals surface area contributed by atoms with Gasteiger partial charge in [0.15, 0.2) is 0 Å². The highest BCUT2D eigenvalue weighted by molar-refractivity contribution is 6.03. The Balaban J connectivity index is 0.804. The molecule has 3 atom stereocenters. The third kappa shape index (κ3) is 9.84. The zero-order chi connectivity index (χ0) is 45.4. The van der Waals surface area contributed by atoms with Crippen LogP contribution in [0.5, 0.6) is 0 Å². The largest absolute Gasteiger partial charge is 0.446 e. The second-order valence-electron chi connectivity index (χ2n) is 20.1. The lowest BCUT2D eigenvalue weighted by molar-refractivity contribution is -0.135. The van der Waals surface area contributed by atoms with Crippen molar-refractivity contribution in [2.45, 2.75) is 154 Å². The van der Waals surface area contributed by atoms with E-state index in [4.69, 9.17) is 9.84 Å². The van der Waals surface area contributed by atoms with E-state index < -0.39 is 11.9 Å². The van der Waals surface area contributed by atoms with E-state index in [1.54, 1.807) is 22.4 Å². The molecule has 4 aromatic rings. The third-order valence-corrected chi connectivity index (χ3v) is 14.0. The Morgan fingerprint density at radius 3 is 2.45 bits per heavy atom. The maximum atomic E-state index is 13.7. The second-order valence-corrected chi connectivity index (χ2v) is 20.1. The summed E-state index contributed by atoms with van der Waals surface area (Å²) < 4.78 is 12.7. The molecule has 1 unspecified atom stereocenters. The predicted octanol–water partition coefficient (Wildman–Crippen LogP) is 5.82. The molecular weight excluding hydrogens is 815 g/mol. The number of rotatable bonds is 12. The lowest BCUT2D eigenvalue weighted by Gasteiger charge is -2.39. The lowest BCUT2D eigenvalue weighted by atomic mass is 9.85. The van der Waals surface area contributed by atoms with Crippen LogP contribution < -0.4 is 21.6 Å². The first-order valence-electron chi connectivity index (χ1n) is 23.4. The van der Waals surface area contributed by atoms with Gasteiger partial charge in [0.25, 0.3) is 5.91 Å². The number of imidazole rings is 1. The van der Waals surface area contributed by atoms with Crippen molar-refractivity contribution in [3.63, 3.8) is 0 Å². The van der Waals surface area contributed by atoms with Crippen LogP contribution in [0.25, 0.3) is 11.0 Å². The number of imide groups is 1. The van der Waals surface area contributed by atoms with Gasteiger partial charge in [-0.15, -0.1) is 0 Å². The van der Waals surface area contributed by atoms with E-state index in [9.17, 15) is 24.0 Å². The number of aryl methyl sites for hydroxylation is 1. The van der Waals surface area contributed by atoms with Crippen molar-refractivity contribution < 1.29 is 23.9 Å². The highest BCUT2D eigenvalue weighted by Gasteiger charge is 2.35. The molecule has 2 saturated carbocycles. The molecule has 4 fully saturated rings. The minimum Gasteiger partial charge on any atom is -0.446 e. The Morgan fingerprint density at radius 1 is 1.00 bits per heavy atom. The quantitative estimate of drug-likeness (QED) is 0.147. The SMILES string of the molecule is CC(C)NC(=O)O[C@@H]1CC[C@H](c2cc(NC(=O)c3cnn(C4CCC(CN(C)C5CCN(Cc6cccc7c6n(C)c(=O)n7C6CCC(=O)NC6=O)CC5)CC4)c3)n(C(C)(C)C)n2)C1. The Labute approximate surface area is 375 Å².